The number of benzene rings is 2. The van der Waals surface area contributed by atoms with E-state index in [-0.39, 0.29) is 17.9 Å². The molecule has 9 heteroatoms. The predicted octanol–water partition coefficient (Wildman–Crippen LogP) is 4.69. The van der Waals surface area contributed by atoms with Gasteiger partial charge in [0.25, 0.3) is 5.56 Å². The number of aromatic nitrogens is 2. The number of amides is 1. The summed E-state index contributed by atoms with van der Waals surface area (Å²) in [7, 11) is 0. The number of fused-ring (bicyclic) bond motifs is 1. The van der Waals surface area contributed by atoms with E-state index in [9.17, 15) is 14.0 Å². The zero-order valence-electron chi connectivity index (χ0n) is 19.3. The minimum Gasteiger partial charge on any atom is -0.444 e. The van der Waals surface area contributed by atoms with Crippen molar-refractivity contribution in [2.75, 3.05) is 12.0 Å². The van der Waals surface area contributed by atoms with Gasteiger partial charge in [-0.15, -0.1) is 0 Å². The monoisotopic (exact) mass is 576 g/mol. The van der Waals surface area contributed by atoms with Crippen LogP contribution in [-0.4, -0.2) is 32.8 Å². The first-order chi connectivity index (χ1) is 16.1. The molecule has 0 fully saturated rings. The van der Waals surface area contributed by atoms with Crippen LogP contribution in [-0.2, 0) is 24.2 Å². The third kappa shape index (κ3) is 5.57. The highest BCUT2D eigenvalue weighted by Crippen LogP contribution is 2.22. The molecular weight excluding hydrogens is 550 g/mol. The number of carbonyl (C=O) groups excluding carboxylic acids is 1. The lowest BCUT2D eigenvalue weighted by Gasteiger charge is -2.31. The maximum Gasteiger partial charge on any atom is 0.410 e. The van der Waals surface area contributed by atoms with Crippen molar-refractivity contribution in [3.8, 4) is 11.4 Å². The van der Waals surface area contributed by atoms with Gasteiger partial charge in [-0.3, -0.25) is 4.79 Å². The molecule has 0 radical (unpaired) electrons. The molecule has 3 aromatic rings. The standard InChI is InChI=1S/C25H26FIN4O3/c1-25(2,3)34-24(33)30-13-12-20-21(15-30)29-22(17-6-8-18(26)9-7-17)31(23(20)32)28-14-16-4-10-19(27)11-5-16/h4-11,28H,12-15H2,1-3H3. The summed E-state index contributed by atoms with van der Waals surface area (Å²) >= 11 is 2.24. The van der Waals surface area contributed by atoms with Crippen molar-refractivity contribution < 1.29 is 13.9 Å². The SMILES string of the molecule is CC(C)(C)OC(=O)N1CCc2c(nc(-c3ccc(F)cc3)n(NCc3ccc(I)cc3)c2=O)C1. The third-order valence-corrected chi connectivity index (χ3v) is 6.06. The van der Waals surface area contributed by atoms with Crippen molar-refractivity contribution in [2.45, 2.75) is 45.9 Å². The molecule has 1 amide bonds. The number of hydrogen-bond acceptors (Lipinski definition) is 5. The summed E-state index contributed by atoms with van der Waals surface area (Å²) in [5, 5.41) is 0. The number of nitrogens with one attached hydrogen (secondary N) is 1. The Balaban J connectivity index is 1.70. The minimum atomic E-state index is -0.618. The molecule has 178 valence electrons. The lowest BCUT2D eigenvalue weighted by atomic mass is 10.1. The smallest absolute Gasteiger partial charge is 0.410 e. The van der Waals surface area contributed by atoms with Gasteiger partial charge in [-0.25, -0.2) is 18.8 Å². The Morgan fingerprint density at radius 2 is 1.82 bits per heavy atom. The summed E-state index contributed by atoms with van der Waals surface area (Å²) < 4.78 is 21.6. The molecule has 2 aromatic carbocycles. The van der Waals surface area contributed by atoms with E-state index in [0.717, 1.165) is 9.13 Å². The molecule has 1 aliphatic heterocycles. The van der Waals surface area contributed by atoms with Crippen LogP contribution in [0.15, 0.2) is 53.3 Å². The summed E-state index contributed by atoms with van der Waals surface area (Å²) in [5.74, 6) is -0.0149. The molecule has 0 unspecified atom stereocenters. The molecule has 1 aliphatic rings. The van der Waals surface area contributed by atoms with Crippen LogP contribution in [0.1, 0.15) is 37.6 Å². The molecule has 2 heterocycles. The van der Waals surface area contributed by atoms with Gasteiger partial charge >= 0.3 is 6.09 Å². The highest BCUT2D eigenvalue weighted by Gasteiger charge is 2.29. The van der Waals surface area contributed by atoms with Crippen LogP contribution in [0.4, 0.5) is 9.18 Å². The van der Waals surface area contributed by atoms with Crippen molar-refractivity contribution in [1.29, 1.82) is 0 Å². The average Bonchev–Trinajstić information content (AvgIpc) is 2.78. The first kappa shape index (κ1) is 24.2. The zero-order chi connectivity index (χ0) is 24.5. The fourth-order valence-corrected chi connectivity index (χ4v) is 4.04. The lowest BCUT2D eigenvalue weighted by Crippen LogP contribution is -2.44. The van der Waals surface area contributed by atoms with E-state index in [2.05, 4.69) is 28.0 Å². The van der Waals surface area contributed by atoms with Gasteiger partial charge in [-0.1, -0.05) is 12.1 Å². The molecule has 0 bridgehead atoms. The Kier molecular flexibility index (Phi) is 6.92. The van der Waals surface area contributed by atoms with Crippen LogP contribution < -0.4 is 11.0 Å². The Morgan fingerprint density at radius 1 is 1.15 bits per heavy atom. The topological polar surface area (TPSA) is 76.5 Å². The fourth-order valence-electron chi connectivity index (χ4n) is 3.68. The van der Waals surface area contributed by atoms with E-state index in [1.165, 1.54) is 16.8 Å². The summed E-state index contributed by atoms with van der Waals surface area (Å²) in [6.45, 7) is 6.38. The van der Waals surface area contributed by atoms with E-state index >= 15 is 0 Å². The summed E-state index contributed by atoms with van der Waals surface area (Å²) in [4.78, 5) is 32.4. The van der Waals surface area contributed by atoms with Gasteiger partial charge in [-0.2, -0.15) is 0 Å². The van der Waals surface area contributed by atoms with Crippen molar-refractivity contribution in [1.82, 2.24) is 14.6 Å². The van der Waals surface area contributed by atoms with Gasteiger partial charge < -0.3 is 15.1 Å². The molecule has 0 aliphatic carbocycles. The number of rotatable bonds is 4. The maximum absolute atomic E-state index is 13.6. The Hall–Kier alpha value is -2.95. The highest BCUT2D eigenvalue weighted by molar-refractivity contribution is 14.1. The molecule has 1 N–H and O–H groups in total. The van der Waals surface area contributed by atoms with Gasteiger partial charge in [0.2, 0.25) is 0 Å². The molecule has 34 heavy (non-hydrogen) atoms. The molecule has 1 aromatic heterocycles. The molecule has 4 rings (SSSR count). The van der Waals surface area contributed by atoms with Crippen LogP contribution in [0, 0.1) is 9.39 Å². The Bertz CT molecular complexity index is 1250. The van der Waals surface area contributed by atoms with E-state index in [1.54, 1.807) is 17.0 Å². The zero-order valence-corrected chi connectivity index (χ0v) is 21.4. The van der Waals surface area contributed by atoms with Crippen LogP contribution >= 0.6 is 22.6 Å². The summed E-state index contributed by atoms with van der Waals surface area (Å²) in [6.07, 6.45) is -0.0701. The van der Waals surface area contributed by atoms with Gasteiger partial charge in [0.1, 0.15) is 11.4 Å². The number of hydrogen-bond donors (Lipinski definition) is 1. The molecular formula is C25H26FIN4O3. The van der Waals surface area contributed by atoms with Gasteiger partial charge in [0.05, 0.1) is 18.8 Å². The third-order valence-electron chi connectivity index (χ3n) is 5.34. The van der Waals surface area contributed by atoms with Gasteiger partial charge in [0.15, 0.2) is 5.82 Å². The summed E-state index contributed by atoms with van der Waals surface area (Å²) in [6, 6.07) is 13.8. The van der Waals surface area contributed by atoms with Crippen LogP contribution in [0.25, 0.3) is 11.4 Å². The first-order valence-electron chi connectivity index (χ1n) is 11.0. The highest BCUT2D eigenvalue weighted by atomic mass is 127. The normalized spacial score (nSPS) is 13.4. The molecule has 0 spiro atoms. The lowest BCUT2D eigenvalue weighted by molar-refractivity contribution is 0.0220. The molecule has 0 atom stereocenters. The number of halogens is 2. The number of nitrogens with zero attached hydrogens (tertiary/aromatic N) is 3. The summed E-state index contributed by atoms with van der Waals surface area (Å²) in [5.41, 5.74) is 5.02. The number of ether oxygens (including phenoxy) is 1. The van der Waals surface area contributed by atoms with Crippen molar-refractivity contribution in [3.63, 3.8) is 0 Å². The van der Waals surface area contributed by atoms with Crippen LogP contribution in [0.5, 0.6) is 0 Å². The van der Waals surface area contributed by atoms with Gasteiger partial charge in [-0.05, 0) is 91.7 Å². The second-order valence-corrected chi connectivity index (χ2v) is 10.4. The van der Waals surface area contributed by atoms with E-state index in [1.807, 2.05) is 45.0 Å². The predicted molar refractivity (Wildman–Crippen MR) is 136 cm³/mol. The van der Waals surface area contributed by atoms with Crippen molar-refractivity contribution in [3.05, 3.63) is 85.1 Å². The molecule has 0 saturated heterocycles. The van der Waals surface area contributed by atoms with Crippen molar-refractivity contribution >= 4 is 28.7 Å². The van der Waals surface area contributed by atoms with E-state index < -0.39 is 11.7 Å². The fraction of sp³-hybridized carbons (Fsp3) is 0.320. The van der Waals surface area contributed by atoms with Crippen LogP contribution in [0.2, 0.25) is 0 Å². The second-order valence-electron chi connectivity index (χ2n) is 9.12. The average molecular weight is 576 g/mol. The second kappa shape index (κ2) is 9.73. The van der Waals surface area contributed by atoms with E-state index in [4.69, 9.17) is 9.72 Å². The van der Waals surface area contributed by atoms with E-state index in [0.29, 0.717) is 42.2 Å². The Morgan fingerprint density at radius 3 is 2.47 bits per heavy atom. The van der Waals surface area contributed by atoms with Gasteiger partial charge in [0, 0.05) is 21.2 Å². The minimum absolute atomic E-state index is 0.172. The maximum atomic E-state index is 13.6. The largest absolute Gasteiger partial charge is 0.444 e. The van der Waals surface area contributed by atoms with Crippen molar-refractivity contribution in [2.24, 2.45) is 0 Å². The first-order valence-corrected chi connectivity index (χ1v) is 12.1. The Labute approximate surface area is 211 Å². The van der Waals surface area contributed by atoms with Crippen LogP contribution in [0.3, 0.4) is 0 Å². The molecule has 0 saturated carbocycles. The number of carbonyl (C=O) groups is 1. The molecule has 7 nitrogen and oxygen atoms in total. The quantitative estimate of drug-likeness (QED) is 0.457.